The average Bonchev–Trinajstić information content (AvgIpc) is 2.54. The number of anilines is 1. The molecule has 7 heteroatoms. The zero-order valence-electron chi connectivity index (χ0n) is 12.6. The van der Waals surface area contributed by atoms with E-state index in [1.165, 1.54) is 23.7 Å². The van der Waals surface area contributed by atoms with Crippen molar-refractivity contribution in [2.45, 2.75) is 6.61 Å². The molecule has 1 aromatic heterocycles. The summed E-state index contributed by atoms with van der Waals surface area (Å²) in [6.45, 7) is 0.256. The van der Waals surface area contributed by atoms with E-state index in [2.05, 4.69) is 0 Å². The number of hydroxylamine groups is 1. The van der Waals surface area contributed by atoms with Gasteiger partial charge in [0.05, 0.1) is 6.61 Å². The molecule has 0 N–H and O–H groups in total. The summed E-state index contributed by atoms with van der Waals surface area (Å²) in [5.74, 6) is 0.131. The second-order valence-electron chi connectivity index (χ2n) is 4.77. The number of aromatic nitrogens is 2. The molecule has 0 aliphatic carbocycles. The van der Waals surface area contributed by atoms with E-state index in [1.54, 1.807) is 7.05 Å². The molecule has 0 bridgehead atoms. The van der Waals surface area contributed by atoms with Crippen molar-refractivity contribution in [2.75, 3.05) is 12.1 Å². The second kappa shape index (κ2) is 6.28. The summed E-state index contributed by atoms with van der Waals surface area (Å²) in [5.41, 5.74) is -0.369. The van der Waals surface area contributed by atoms with E-state index < -0.39 is 11.2 Å². The topological polar surface area (TPSA) is 80.3 Å². The molecule has 0 radical (unpaired) electrons. The lowest BCUT2D eigenvalue weighted by Crippen LogP contribution is -2.41. The predicted molar refractivity (Wildman–Crippen MR) is 81.3 cm³/mol. The maximum atomic E-state index is 12.0. The molecular formula is C15H16N4O3. The third-order valence-corrected chi connectivity index (χ3v) is 3.31. The van der Waals surface area contributed by atoms with E-state index in [1.807, 2.05) is 36.4 Å². The number of nitriles is 1. The molecule has 0 amide bonds. The Morgan fingerprint density at radius 3 is 2.41 bits per heavy atom. The molecular weight excluding hydrogens is 284 g/mol. The highest BCUT2D eigenvalue weighted by atomic mass is 16.7. The van der Waals surface area contributed by atoms with Crippen molar-refractivity contribution in [1.29, 1.82) is 5.26 Å². The Bertz CT molecular complexity index is 831. The fourth-order valence-electron chi connectivity index (χ4n) is 2.11. The minimum Gasteiger partial charge on any atom is -0.280 e. The van der Waals surface area contributed by atoms with Gasteiger partial charge in [-0.05, 0) is 5.56 Å². The van der Waals surface area contributed by atoms with Crippen molar-refractivity contribution in [3.63, 3.8) is 0 Å². The SMILES string of the molecule is CN(OCc1ccccc1)c1c(C#N)c(=O)n(C)c(=O)n1C. The normalized spacial score (nSPS) is 10.3. The van der Waals surface area contributed by atoms with Gasteiger partial charge in [0.25, 0.3) is 5.56 Å². The van der Waals surface area contributed by atoms with Gasteiger partial charge in [0.1, 0.15) is 6.07 Å². The Morgan fingerprint density at radius 2 is 1.82 bits per heavy atom. The van der Waals surface area contributed by atoms with E-state index in [0.29, 0.717) is 0 Å². The number of hydrogen-bond acceptors (Lipinski definition) is 5. The van der Waals surface area contributed by atoms with Crippen LogP contribution in [0.15, 0.2) is 39.9 Å². The first-order valence-electron chi connectivity index (χ1n) is 6.58. The first-order chi connectivity index (χ1) is 10.5. The van der Waals surface area contributed by atoms with Crippen LogP contribution in [0.2, 0.25) is 0 Å². The van der Waals surface area contributed by atoms with Gasteiger partial charge in [0, 0.05) is 21.1 Å². The molecule has 0 saturated carbocycles. The zero-order valence-corrected chi connectivity index (χ0v) is 12.6. The van der Waals surface area contributed by atoms with Crippen LogP contribution in [-0.4, -0.2) is 16.2 Å². The summed E-state index contributed by atoms with van der Waals surface area (Å²) >= 11 is 0. The lowest BCUT2D eigenvalue weighted by molar-refractivity contribution is 0.104. The van der Waals surface area contributed by atoms with E-state index in [-0.39, 0.29) is 18.0 Å². The van der Waals surface area contributed by atoms with Crippen LogP contribution in [0.1, 0.15) is 11.1 Å². The lowest BCUT2D eigenvalue weighted by atomic mass is 10.2. The highest BCUT2D eigenvalue weighted by Gasteiger charge is 2.19. The zero-order chi connectivity index (χ0) is 16.3. The third kappa shape index (κ3) is 2.77. The first kappa shape index (κ1) is 15.5. The van der Waals surface area contributed by atoms with Crippen molar-refractivity contribution in [3.05, 3.63) is 62.3 Å². The van der Waals surface area contributed by atoms with E-state index in [9.17, 15) is 14.9 Å². The number of nitrogens with zero attached hydrogens (tertiary/aromatic N) is 4. The highest BCUT2D eigenvalue weighted by molar-refractivity contribution is 5.51. The van der Waals surface area contributed by atoms with Crippen LogP contribution in [0.25, 0.3) is 0 Å². The molecule has 2 rings (SSSR count). The van der Waals surface area contributed by atoms with Crippen LogP contribution < -0.4 is 16.3 Å². The number of benzene rings is 1. The molecule has 0 fully saturated rings. The highest BCUT2D eigenvalue weighted by Crippen LogP contribution is 2.14. The number of rotatable bonds is 4. The molecule has 2 aromatic rings. The molecule has 0 unspecified atom stereocenters. The molecule has 0 atom stereocenters. The largest absolute Gasteiger partial charge is 0.332 e. The Hall–Kier alpha value is -2.85. The minimum atomic E-state index is -0.643. The molecule has 0 spiro atoms. The summed E-state index contributed by atoms with van der Waals surface area (Å²) in [5, 5.41) is 10.5. The molecule has 1 aromatic carbocycles. The molecule has 22 heavy (non-hydrogen) atoms. The van der Waals surface area contributed by atoms with Crippen LogP contribution in [-0.2, 0) is 25.5 Å². The molecule has 0 saturated heterocycles. The van der Waals surface area contributed by atoms with Crippen molar-refractivity contribution in [2.24, 2.45) is 14.1 Å². The van der Waals surface area contributed by atoms with Crippen LogP contribution >= 0.6 is 0 Å². The van der Waals surface area contributed by atoms with Gasteiger partial charge in [-0.3, -0.25) is 18.8 Å². The Kier molecular flexibility index (Phi) is 4.44. The van der Waals surface area contributed by atoms with Gasteiger partial charge >= 0.3 is 5.69 Å². The molecule has 114 valence electrons. The van der Waals surface area contributed by atoms with Gasteiger partial charge < -0.3 is 0 Å². The van der Waals surface area contributed by atoms with Gasteiger partial charge in [0.15, 0.2) is 11.4 Å². The van der Waals surface area contributed by atoms with E-state index >= 15 is 0 Å². The standard InChI is InChI=1S/C15H16N4O3/c1-17-13(12(9-16)14(20)18(2)15(17)21)19(3)22-10-11-7-5-4-6-8-11/h4-8H,10H2,1-3H3. The molecule has 1 heterocycles. The second-order valence-corrected chi connectivity index (χ2v) is 4.77. The molecule has 0 aliphatic heterocycles. The summed E-state index contributed by atoms with van der Waals surface area (Å²) in [6, 6.07) is 11.3. The average molecular weight is 300 g/mol. The molecule has 0 aliphatic rings. The maximum Gasteiger partial charge on any atom is 0.332 e. The van der Waals surface area contributed by atoms with Crippen LogP contribution in [0, 0.1) is 11.3 Å². The van der Waals surface area contributed by atoms with Crippen LogP contribution in [0.3, 0.4) is 0 Å². The fraction of sp³-hybridized carbons (Fsp3) is 0.267. The van der Waals surface area contributed by atoms with Gasteiger partial charge in [-0.15, -0.1) is 0 Å². The van der Waals surface area contributed by atoms with E-state index in [4.69, 9.17) is 4.84 Å². The summed E-state index contributed by atoms with van der Waals surface area (Å²) in [6.07, 6.45) is 0. The predicted octanol–water partition coefficient (Wildman–Crippen LogP) is 0.524. The first-order valence-corrected chi connectivity index (χ1v) is 6.58. The van der Waals surface area contributed by atoms with Gasteiger partial charge in [-0.1, -0.05) is 30.3 Å². The van der Waals surface area contributed by atoms with Crippen molar-refractivity contribution in [3.8, 4) is 6.07 Å². The monoisotopic (exact) mass is 300 g/mol. The van der Waals surface area contributed by atoms with Crippen LogP contribution in [0.5, 0.6) is 0 Å². The van der Waals surface area contributed by atoms with Gasteiger partial charge in [-0.2, -0.15) is 5.26 Å². The molecule has 7 nitrogen and oxygen atoms in total. The quantitative estimate of drug-likeness (QED) is 0.769. The third-order valence-electron chi connectivity index (χ3n) is 3.31. The van der Waals surface area contributed by atoms with Gasteiger partial charge in [0.2, 0.25) is 0 Å². The minimum absolute atomic E-state index is 0.131. The Morgan fingerprint density at radius 1 is 1.18 bits per heavy atom. The van der Waals surface area contributed by atoms with Crippen molar-refractivity contribution in [1.82, 2.24) is 9.13 Å². The Labute approximate surface area is 127 Å². The lowest BCUT2D eigenvalue weighted by Gasteiger charge is -2.22. The van der Waals surface area contributed by atoms with Crippen molar-refractivity contribution < 1.29 is 4.84 Å². The van der Waals surface area contributed by atoms with E-state index in [0.717, 1.165) is 10.1 Å². The van der Waals surface area contributed by atoms with Crippen LogP contribution in [0.4, 0.5) is 5.82 Å². The number of hydrogen-bond donors (Lipinski definition) is 0. The van der Waals surface area contributed by atoms with Gasteiger partial charge in [-0.25, -0.2) is 9.86 Å². The van der Waals surface area contributed by atoms with Crippen molar-refractivity contribution >= 4 is 5.82 Å². The summed E-state index contributed by atoms with van der Waals surface area (Å²) in [7, 11) is 4.37. The smallest absolute Gasteiger partial charge is 0.280 e. The summed E-state index contributed by atoms with van der Waals surface area (Å²) < 4.78 is 2.11. The Balaban J connectivity index is 2.38. The maximum absolute atomic E-state index is 12.0. The summed E-state index contributed by atoms with van der Waals surface area (Å²) in [4.78, 5) is 29.6. The fourth-order valence-corrected chi connectivity index (χ4v) is 2.11.